The van der Waals surface area contributed by atoms with Gasteiger partial charge in [0.2, 0.25) is 0 Å². The number of rotatable bonds is 4. The quantitative estimate of drug-likeness (QED) is 0.904. The molecule has 3 rings (SSSR count). The molecule has 1 aromatic carbocycles. The van der Waals surface area contributed by atoms with Crippen LogP contribution in [0.15, 0.2) is 47.2 Å². The fourth-order valence-corrected chi connectivity index (χ4v) is 2.40. The lowest BCUT2D eigenvalue weighted by Gasteiger charge is -2.30. The minimum atomic E-state index is -1.29. The molecule has 1 atom stereocenters. The molecule has 1 aliphatic rings. The summed E-state index contributed by atoms with van der Waals surface area (Å²) in [4.78, 5) is 13.9. The fraction of sp³-hybridized carbons (Fsp3) is 0.375. The van der Waals surface area contributed by atoms with E-state index in [9.17, 15) is 9.90 Å². The first kappa shape index (κ1) is 15.5. The Morgan fingerprint density at radius 2 is 2.17 bits per heavy atom. The van der Waals surface area contributed by atoms with Crippen LogP contribution < -0.4 is 4.74 Å². The number of hydrogen-bond acceptors (Lipinski definition) is 6. The Hall–Kier alpha value is -2.38. The smallest absolute Gasteiger partial charge is 0.276 e. The molecule has 122 valence electrons. The van der Waals surface area contributed by atoms with Gasteiger partial charge < -0.3 is 24.0 Å². The van der Waals surface area contributed by atoms with Crippen LogP contribution in [0.4, 0.5) is 0 Å². The molecule has 0 aliphatic carbocycles. The summed E-state index contributed by atoms with van der Waals surface area (Å²) in [6.07, 6.45) is 1.34. The van der Waals surface area contributed by atoms with Crippen LogP contribution in [0.1, 0.15) is 10.5 Å². The van der Waals surface area contributed by atoms with Gasteiger partial charge >= 0.3 is 0 Å². The molecule has 1 amide bonds. The lowest BCUT2D eigenvalue weighted by Crippen LogP contribution is -2.50. The maximum absolute atomic E-state index is 12.4. The average molecular weight is 318 g/mol. The van der Waals surface area contributed by atoms with Gasteiger partial charge in [0.15, 0.2) is 5.69 Å². The number of hydrogen-bond donors (Lipinski definition) is 1. The van der Waals surface area contributed by atoms with E-state index >= 15 is 0 Å². The summed E-state index contributed by atoms with van der Waals surface area (Å²) in [5.74, 6) is 0.349. The highest BCUT2D eigenvalue weighted by Crippen LogP contribution is 2.17. The molecule has 1 fully saturated rings. The summed E-state index contributed by atoms with van der Waals surface area (Å²) in [5.41, 5.74) is -1.08. The molecule has 23 heavy (non-hydrogen) atoms. The van der Waals surface area contributed by atoms with Crippen LogP contribution in [0.5, 0.6) is 5.75 Å². The van der Waals surface area contributed by atoms with E-state index in [1.54, 1.807) is 12.1 Å². The van der Waals surface area contributed by atoms with Crippen molar-refractivity contribution in [3.8, 4) is 5.75 Å². The average Bonchev–Trinajstić information content (AvgIpc) is 3.04. The first-order valence-corrected chi connectivity index (χ1v) is 7.34. The molecule has 7 heteroatoms. The Balaban J connectivity index is 1.67. The van der Waals surface area contributed by atoms with Gasteiger partial charge in [-0.2, -0.15) is 0 Å². The van der Waals surface area contributed by atoms with Gasteiger partial charge in [-0.15, -0.1) is 0 Å². The van der Waals surface area contributed by atoms with E-state index in [0.717, 1.165) is 0 Å². The van der Waals surface area contributed by atoms with Crippen molar-refractivity contribution in [3.63, 3.8) is 0 Å². The van der Waals surface area contributed by atoms with Crippen LogP contribution in [-0.2, 0) is 4.74 Å². The third kappa shape index (κ3) is 3.88. The van der Waals surface area contributed by atoms with Crippen molar-refractivity contribution in [2.24, 2.45) is 0 Å². The van der Waals surface area contributed by atoms with Gasteiger partial charge in [0, 0.05) is 12.6 Å². The lowest BCUT2D eigenvalue weighted by molar-refractivity contribution is -0.0621. The number of ether oxygens (including phenoxy) is 2. The number of para-hydroxylation sites is 1. The number of nitrogens with zero attached hydrogens (tertiary/aromatic N) is 2. The molecule has 0 bridgehead atoms. The number of carbonyl (C=O) groups is 1. The van der Waals surface area contributed by atoms with Crippen molar-refractivity contribution in [2.75, 3.05) is 32.9 Å². The van der Waals surface area contributed by atoms with Gasteiger partial charge in [-0.3, -0.25) is 4.79 Å². The molecule has 2 aromatic rings. The number of benzene rings is 1. The second-order valence-electron chi connectivity index (χ2n) is 5.49. The van der Waals surface area contributed by atoms with Crippen LogP contribution in [0.3, 0.4) is 0 Å². The summed E-state index contributed by atoms with van der Waals surface area (Å²) in [6, 6.07) is 10.7. The maximum atomic E-state index is 12.4. The molecule has 1 aliphatic heterocycles. The largest absolute Gasteiger partial charge is 0.490 e. The second-order valence-corrected chi connectivity index (χ2v) is 5.49. The normalized spacial score (nSPS) is 21.7. The highest BCUT2D eigenvalue weighted by Gasteiger charge is 2.36. The van der Waals surface area contributed by atoms with Crippen LogP contribution in [-0.4, -0.2) is 59.6 Å². The molecule has 1 N–H and O–H groups in total. The van der Waals surface area contributed by atoms with E-state index in [1.807, 2.05) is 18.2 Å². The van der Waals surface area contributed by atoms with Crippen LogP contribution >= 0.6 is 0 Å². The molecule has 1 aromatic heterocycles. The summed E-state index contributed by atoms with van der Waals surface area (Å²) < 4.78 is 15.7. The third-order valence-corrected chi connectivity index (χ3v) is 3.56. The zero-order valence-corrected chi connectivity index (χ0v) is 12.6. The van der Waals surface area contributed by atoms with Crippen molar-refractivity contribution in [2.45, 2.75) is 5.60 Å². The Labute approximate surface area is 133 Å². The molecule has 2 heterocycles. The predicted octanol–water partition coefficient (Wildman–Crippen LogP) is 0.957. The van der Waals surface area contributed by atoms with Gasteiger partial charge in [-0.1, -0.05) is 23.4 Å². The molecule has 0 spiro atoms. The monoisotopic (exact) mass is 318 g/mol. The number of β-amino-alcohol motifs (C(OH)–C–C–N with tert-alkyl or cyclic N) is 1. The van der Waals surface area contributed by atoms with Gasteiger partial charge in [0.1, 0.15) is 24.2 Å². The Kier molecular flexibility index (Phi) is 4.59. The van der Waals surface area contributed by atoms with E-state index < -0.39 is 5.60 Å². The molecule has 1 saturated heterocycles. The Morgan fingerprint density at radius 3 is 2.91 bits per heavy atom. The van der Waals surface area contributed by atoms with Gasteiger partial charge in [-0.25, -0.2) is 0 Å². The molecule has 7 nitrogen and oxygen atoms in total. The van der Waals surface area contributed by atoms with E-state index in [-0.39, 0.29) is 31.4 Å². The lowest BCUT2D eigenvalue weighted by atomic mass is 10.1. The number of amides is 1. The molecule has 0 radical (unpaired) electrons. The van der Waals surface area contributed by atoms with Crippen molar-refractivity contribution < 1.29 is 23.9 Å². The minimum Gasteiger partial charge on any atom is -0.490 e. The van der Waals surface area contributed by atoms with E-state index in [1.165, 1.54) is 17.2 Å². The van der Waals surface area contributed by atoms with Crippen LogP contribution in [0.25, 0.3) is 0 Å². The standard InChI is InChI=1S/C16H18N2O5/c19-15(14-6-8-23-17-14)18-7-9-21-11-16(20,10-18)12-22-13-4-2-1-3-5-13/h1-6,8,20H,7,9-12H2/t16-/m0/s1. The van der Waals surface area contributed by atoms with E-state index in [0.29, 0.717) is 18.9 Å². The number of aromatic nitrogens is 1. The number of aliphatic hydroxyl groups is 1. The van der Waals surface area contributed by atoms with Crippen molar-refractivity contribution >= 4 is 5.91 Å². The van der Waals surface area contributed by atoms with E-state index in [4.69, 9.17) is 14.0 Å². The van der Waals surface area contributed by atoms with Gasteiger partial charge in [0.25, 0.3) is 5.91 Å². The SMILES string of the molecule is O=C(c1ccon1)N1CCOC[C@](O)(COc2ccccc2)C1. The van der Waals surface area contributed by atoms with Crippen LogP contribution in [0.2, 0.25) is 0 Å². The summed E-state index contributed by atoms with van der Waals surface area (Å²) in [6.45, 7) is 0.949. The molecular formula is C16H18N2O5. The topological polar surface area (TPSA) is 85.0 Å². The molecular weight excluding hydrogens is 300 g/mol. The summed E-state index contributed by atoms with van der Waals surface area (Å²) in [5, 5.41) is 14.4. The third-order valence-electron chi connectivity index (χ3n) is 3.56. The molecule has 0 saturated carbocycles. The highest BCUT2D eigenvalue weighted by molar-refractivity contribution is 5.92. The van der Waals surface area contributed by atoms with Gasteiger partial charge in [0.05, 0.1) is 19.8 Å². The van der Waals surface area contributed by atoms with Crippen molar-refractivity contribution in [1.82, 2.24) is 10.1 Å². The zero-order valence-electron chi connectivity index (χ0n) is 12.6. The molecule has 0 unspecified atom stereocenters. The second kappa shape index (κ2) is 6.80. The minimum absolute atomic E-state index is 0.0274. The fourth-order valence-electron chi connectivity index (χ4n) is 2.40. The Bertz CT molecular complexity index is 631. The first-order chi connectivity index (χ1) is 11.2. The maximum Gasteiger partial charge on any atom is 0.276 e. The van der Waals surface area contributed by atoms with Crippen molar-refractivity contribution in [1.29, 1.82) is 0 Å². The zero-order chi connectivity index (χ0) is 16.1. The van der Waals surface area contributed by atoms with Crippen LogP contribution in [0, 0.1) is 0 Å². The number of carbonyl (C=O) groups excluding carboxylic acids is 1. The highest BCUT2D eigenvalue weighted by atomic mass is 16.5. The van der Waals surface area contributed by atoms with E-state index in [2.05, 4.69) is 5.16 Å². The first-order valence-electron chi connectivity index (χ1n) is 7.34. The summed E-state index contributed by atoms with van der Waals surface area (Å²) >= 11 is 0. The summed E-state index contributed by atoms with van der Waals surface area (Å²) in [7, 11) is 0. The predicted molar refractivity (Wildman–Crippen MR) is 80.1 cm³/mol. The van der Waals surface area contributed by atoms with Crippen molar-refractivity contribution in [3.05, 3.63) is 48.4 Å². The Morgan fingerprint density at radius 1 is 1.35 bits per heavy atom. The van der Waals surface area contributed by atoms with Gasteiger partial charge in [-0.05, 0) is 12.1 Å².